The fraction of sp³-hybridized carbons (Fsp3) is 0.0769. The van der Waals surface area contributed by atoms with E-state index in [1.807, 2.05) is 12.1 Å². The number of rotatable bonds is 3. The van der Waals surface area contributed by atoms with Crippen LogP contribution in [0.25, 0.3) is 0 Å². The van der Waals surface area contributed by atoms with E-state index in [0.29, 0.717) is 17.3 Å². The minimum absolute atomic E-state index is 0.329. The van der Waals surface area contributed by atoms with Crippen molar-refractivity contribution in [3.05, 3.63) is 59.9 Å². The van der Waals surface area contributed by atoms with Gasteiger partial charge in [0, 0.05) is 30.7 Å². The summed E-state index contributed by atoms with van der Waals surface area (Å²) >= 11 is 5.05. The highest BCUT2D eigenvalue weighted by Gasteiger charge is 2.03. The second-order valence-electron chi connectivity index (χ2n) is 3.80. The van der Waals surface area contributed by atoms with Crippen LogP contribution in [0.1, 0.15) is 5.56 Å². The molecule has 0 unspecified atom stereocenters. The number of nitrogens with one attached hydrogen (secondary N) is 2. The smallest absolute Gasteiger partial charge is 0.171 e. The molecule has 0 fully saturated rings. The van der Waals surface area contributed by atoms with E-state index in [1.54, 1.807) is 12.4 Å². The molecule has 0 aliphatic rings. The van der Waals surface area contributed by atoms with Crippen molar-refractivity contribution in [1.29, 1.82) is 0 Å². The van der Waals surface area contributed by atoms with E-state index in [9.17, 15) is 8.78 Å². The number of halogens is 2. The van der Waals surface area contributed by atoms with E-state index in [0.717, 1.165) is 17.7 Å². The highest BCUT2D eigenvalue weighted by Crippen LogP contribution is 2.12. The van der Waals surface area contributed by atoms with E-state index in [1.165, 1.54) is 6.07 Å². The summed E-state index contributed by atoms with van der Waals surface area (Å²) in [7, 11) is 0. The van der Waals surface area contributed by atoms with Gasteiger partial charge in [0.1, 0.15) is 0 Å². The van der Waals surface area contributed by atoms with Gasteiger partial charge in [-0.15, -0.1) is 0 Å². The summed E-state index contributed by atoms with van der Waals surface area (Å²) in [5, 5.41) is 6.05. The quantitative estimate of drug-likeness (QED) is 0.847. The van der Waals surface area contributed by atoms with E-state index in [2.05, 4.69) is 15.6 Å². The van der Waals surface area contributed by atoms with Crippen molar-refractivity contribution in [2.45, 2.75) is 6.54 Å². The maximum Gasteiger partial charge on any atom is 0.171 e. The fourth-order valence-corrected chi connectivity index (χ4v) is 1.62. The lowest BCUT2D eigenvalue weighted by Gasteiger charge is -2.10. The zero-order valence-electron chi connectivity index (χ0n) is 9.86. The van der Waals surface area contributed by atoms with Crippen LogP contribution in [-0.2, 0) is 6.54 Å². The molecule has 98 valence electrons. The molecule has 1 aromatic heterocycles. The zero-order chi connectivity index (χ0) is 13.7. The van der Waals surface area contributed by atoms with Crippen LogP contribution in [0.5, 0.6) is 0 Å². The number of nitrogens with zero attached hydrogens (tertiary/aromatic N) is 1. The lowest BCUT2D eigenvalue weighted by Crippen LogP contribution is -2.27. The molecule has 0 saturated heterocycles. The third kappa shape index (κ3) is 3.96. The normalized spacial score (nSPS) is 10.0. The van der Waals surface area contributed by atoms with Crippen molar-refractivity contribution in [2.24, 2.45) is 0 Å². The Morgan fingerprint density at radius 3 is 2.74 bits per heavy atom. The summed E-state index contributed by atoms with van der Waals surface area (Å²) in [6.45, 7) is 0.503. The molecule has 1 aromatic carbocycles. The second-order valence-corrected chi connectivity index (χ2v) is 4.21. The molecular formula is C13H11F2N3S. The maximum atomic E-state index is 13.0. The van der Waals surface area contributed by atoms with Crippen LogP contribution < -0.4 is 10.6 Å². The Kier molecular flexibility index (Phi) is 4.35. The monoisotopic (exact) mass is 279 g/mol. The lowest BCUT2D eigenvalue weighted by molar-refractivity contribution is 0.509. The van der Waals surface area contributed by atoms with Gasteiger partial charge < -0.3 is 10.6 Å². The first kappa shape index (κ1) is 13.4. The Balaban J connectivity index is 1.89. The summed E-state index contributed by atoms with van der Waals surface area (Å²) in [4.78, 5) is 3.97. The van der Waals surface area contributed by atoms with Crippen LogP contribution in [0.3, 0.4) is 0 Å². The van der Waals surface area contributed by atoms with Gasteiger partial charge in [0.05, 0.1) is 0 Å². The van der Waals surface area contributed by atoms with E-state index < -0.39 is 11.6 Å². The number of hydrogen-bond donors (Lipinski definition) is 2. The van der Waals surface area contributed by atoms with Gasteiger partial charge in [0.15, 0.2) is 16.7 Å². The molecular weight excluding hydrogens is 268 g/mol. The van der Waals surface area contributed by atoms with Crippen LogP contribution in [0.4, 0.5) is 14.5 Å². The Morgan fingerprint density at radius 2 is 2.05 bits per heavy atom. The number of aromatic nitrogens is 1. The summed E-state index contributed by atoms with van der Waals surface area (Å²) in [6, 6.07) is 7.23. The molecule has 3 nitrogen and oxygen atoms in total. The fourth-order valence-electron chi connectivity index (χ4n) is 1.43. The largest absolute Gasteiger partial charge is 0.358 e. The SMILES string of the molecule is Fc1ccc(NC(=S)NCc2cccnc2)cc1F. The molecule has 0 amide bonds. The summed E-state index contributed by atoms with van der Waals surface area (Å²) in [5.41, 5.74) is 1.36. The number of benzene rings is 1. The van der Waals surface area contributed by atoms with Gasteiger partial charge in [-0.25, -0.2) is 8.78 Å². The van der Waals surface area contributed by atoms with Gasteiger partial charge in [0.25, 0.3) is 0 Å². The first-order chi connectivity index (χ1) is 9.15. The van der Waals surface area contributed by atoms with Gasteiger partial charge >= 0.3 is 0 Å². The molecule has 0 saturated carbocycles. The van der Waals surface area contributed by atoms with E-state index in [4.69, 9.17) is 12.2 Å². The molecule has 19 heavy (non-hydrogen) atoms. The Labute approximate surface area is 114 Å². The van der Waals surface area contributed by atoms with Crippen molar-refractivity contribution in [3.8, 4) is 0 Å². The first-order valence-electron chi connectivity index (χ1n) is 5.54. The molecule has 2 aromatic rings. The number of anilines is 1. The molecule has 2 N–H and O–H groups in total. The van der Waals surface area contributed by atoms with E-state index in [-0.39, 0.29) is 0 Å². The molecule has 6 heteroatoms. The first-order valence-corrected chi connectivity index (χ1v) is 5.95. The minimum Gasteiger partial charge on any atom is -0.358 e. The van der Waals surface area contributed by atoms with Gasteiger partial charge in [-0.2, -0.15) is 0 Å². The third-order valence-electron chi connectivity index (χ3n) is 2.35. The van der Waals surface area contributed by atoms with Gasteiger partial charge in [0.2, 0.25) is 0 Å². The van der Waals surface area contributed by atoms with Crippen LogP contribution in [-0.4, -0.2) is 10.1 Å². The predicted molar refractivity (Wildman–Crippen MR) is 73.7 cm³/mol. The standard InChI is InChI=1S/C13H11F2N3S/c14-11-4-3-10(6-12(11)15)18-13(19)17-8-9-2-1-5-16-7-9/h1-7H,8H2,(H2,17,18,19). The topological polar surface area (TPSA) is 37.0 Å². The molecule has 1 heterocycles. The molecule has 0 aliphatic carbocycles. The average Bonchev–Trinajstić information content (AvgIpc) is 2.42. The molecule has 2 rings (SSSR count). The minimum atomic E-state index is -0.917. The van der Waals surface area contributed by atoms with Crippen LogP contribution in [0.15, 0.2) is 42.7 Å². The molecule has 0 spiro atoms. The number of pyridine rings is 1. The average molecular weight is 279 g/mol. The predicted octanol–water partition coefficient (Wildman–Crippen LogP) is 2.85. The zero-order valence-corrected chi connectivity index (χ0v) is 10.7. The van der Waals surface area contributed by atoms with Crippen molar-refractivity contribution in [3.63, 3.8) is 0 Å². The summed E-state index contributed by atoms with van der Waals surface area (Å²) in [5.74, 6) is -1.81. The van der Waals surface area contributed by atoms with Crippen molar-refractivity contribution in [1.82, 2.24) is 10.3 Å². The third-order valence-corrected chi connectivity index (χ3v) is 2.60. The summed E-state index contributed by atoms with van der Waals surface area (Å²) in [6.07, 6.45) is 3.40. The summed E-state index contributed by atoms with van der Waals surface area (Å²) < 4.78 is 25.7. The molecule has 0 aliphatic heterocycles. The van der Waals surface area contributed by atoms with Crippen LogP contribution in [0, 0.1) is 11.6 Å². The number of hydrogen-bond acceptors (Lipinski definition) is 2. The van der Waals surface area contributed by atoms with Crippen molar-refractivity contribution < 1.29 is 8.78 Å². The van der Waals surface area contributed by atoms with Gasteiger partial charge in [-0.05, 0) is 36.0 Å². The van der Waals surface area contributed by atoms with Gasteiger partial charge in [-0.3, -0.25) is 4.98 Å². The lowest BCUT2D eigenvalue weighted by atomic mass is 10.3. The second kappa shape index (κ2) is 6.19. The van der Waals surface area contributed by atoms with Crippen LogP contribution in [0.2, 0.25) is 0 Å². The molecule has 0 atom stereocenters. The highest BCUT2D eigenvalue weighted by molar-refractivity contribution is 7.80. The number of thiocarbonyl (C=S) groups is 1. The Bertz CT molecular complexity index is 575. The Hall–Kier alpha value is -2.08. The maximum absolute atomic E-state index is 13.0. The van der Waals surface area contributed by atoms with Crippen LogP contribution >= 0.6 is 12.2 Å². The Morgan fingerprint density at radius 1 is 1.21 bits per heavy atom. The highest BCUT2D eigenvalue weighted by atomic mass is 32.1. The molecule has 0 radical (unpaired) electrons. The van der Waals surface area contributed by atoms with E-state index >= 15 is 0 Å². The van der Waals surface area contributed by atoms with Crippen molar-refractivity contribution in [2.75, 3.05) is 5.32 Å². The van der Waals surface area contributed by atoms with Gasteiger partial charge in [-0.1, -0.05) is 6.07 Å². The van der Waals surface area contributed by atoms with Crippen molar-refractivity contribution >= 4 is 23.0 Å². The molecule has 0 bridgehead atoms.